The van der Waals surface area contributed by atoms with Crippen LogP contribution in [0, 0.1) is 13.8 Å². The van der Waals surface area contributed by atoms with Crippen LogP contribution in [0.3, 0.4) is 0 Å². The molecule has 0 saturated heterocycles. The number of hydrogen-bond donors (Lipinski definition) is 2. The van der Waals surface area contributed by atoms with Gasteiger partial charge in [0.25, 0.3) is 5.91 Å². The van der Waals surface area contributed by atoms with Crippen LogP contribution in [0.1, 0.15) is 34.6 Å². The van der Waals surface area contributed by atoms with Crippen molar-refractivity contribution in [2.75, 3.05) is 13.1 Å². The van der Waals surface area contributed by atoms with Gasteiger partial charge < -0.3 is 11.1 Å². The molecule has 0 saturated carbocycles. The summed E-state index contributed by atoms with van der Waals surface area (Å²) in [5, 5.41) is 7.09. The highest BCUT2D eigenvalue weighted by atomic mass is 16.1. The normalized spacial score (nSPS) is 10.5. The summed E-state index contributed by atoms with van der Waals surface area (Å²) in [6, 6.07) is 0. The number of rotatable bonds is 5. The van der Waals surface area contributed by atoms with Crippen LogP contribution in [-0.4, -0.2) is 28.8 Å². The van der Waals surface area contributed by atoms with Gasteiger partial charge in [0.2, 0.25) is 0 Å². The van der Waals surface area contributed by atoms with Gasteiger partial charge in [-0.15, -0.1) is 0 Å². The van der Waals surface area contributed by atoms with Gasteiger partial charge in [-0.1, -0.05) is 0 Å². The summed E-state index contributed by atoms with van der Waals surface area (Å²) in [6.07, 6.45) is 1.85. The number of aryl methyl sites for hydroxylation is 2. The lowest BCUT2D eigenvalue weighted by Gasteiger charge is -2.04. The zero-order valence-electron chi connectivity index (χ0n) is 10.2. The minimum Gasteiger partial charge on any atom is -0.352 e. The third-order valence-electron chi connectivity index (χ3n) is 2.65. The molecule has 0 atom stereocenters. The van der Waals surface area contributed by atoms with Crippen molar-refractivity contribution in [3.05, 3.63) is 17.0 Å². The summed E-state index contributed by atoms with van der Waals surface area (Å²) < 4.78 is 1.73. The van der Waals surface area contributed by atoms with Gasteiger partial charge in [-0.25, -0.2) is 0 Å². The summed E-state index contributed by atoms with van der Waals surface area (Å²) in [6.45, 7) is 5.08. The van der Waals surface area contributed by atoms with Gasteiger partial charge in [-0.05, 0) is 33.2 Å². The molecule has 5 heteroatoms. The molecule has 16 heavy (non-hydrogen) atoms. The van der Waals surface area contributed by atoms with E-state index in [1.807, 2.05) is 20.9 Å². The Hall–Kier alpha value is -1.36. The smallest absolute Gasteiger partial charge is 0.255 e. The van der Waals surface area contributed by atoms with E-state index in [-0.39, 0.29) is 5.91 Å². The van der Waals surface area contributed by atoms with Crippen LogP contribution in [0.5, 0.6) is 0 Å². The second kappa shape index (κ2) is 5.65. The summed E-state index contributed by atoms with van der Waals surface area (Å²) in [7, 11) is 1.84. The molecule has 0 radical (unpaired) electrons. The lowest BCUT2D eigenvalue weighted by Crippen LogP contribution is -2.26. The molecule has 0 unspecified atom stereocenters. The van der Waals surface area contributed by atoms with Crippen molar-refractivity contribution < 1.29 is 4.79 Å². The molecule has 0 aliphatic carbocycles. The fourth-order valence-corrected chi connectivity index (χ4v) is 1.66. The lowest BCUT2D eigenvalue weighted by molar-refractivity contribution is 0.0951. The highest BCUT2D eigenvalue weighted by Gasteiger charge is 2.16. The molecule has 3 N–H and O–H groups in total. The molecule has 1 amide bonds. The molecular formula is C11H20N4O. The highest BCUT2D eigenvalue weighted by molar-refractivity contribution is 5.96. The lowest BCUT2D eigenvalue weighted by atomic mass is 10.2. The molecule has 0 aromatic carbocycles. The molecular weight excluding hydrogens is 204 g/mol. The van der Waals surface area contributed by atoms with Crippen LogP contribution in [0.4, 0.5) is 0 Å². The molecule has 0 aliphatic heterocycles. The zero-order valence-corrected chi connectivity index (χ0v) is 10.2. The van der Waals surface area contributed by atoms with E-state index in [1.54, 1.807) is 4.68 Å². The molecule has 1 aromatic heterocycles. The second-order valence-corrected chi connectivity index (χ2v) is 3.92. The topological polar surface area (TPSA) is 72.9 Å². The van der Waals surface area contributed by atoms with Crippen molar-refractivity contribution in [3.8, 4) is 0 Å². The number of carbonyl (C=O) groups is 1. The summed E-state index contributed by atoms with van der Waals surface area (Å²) in [5.41, 5.74) is 7.74. The standard InChI is InChI=1S/C11H20N4O/c1-8-10(9(2)15(3)14-8)11(16)13-7-5-4-6-12/h4-7,12H2,1-3H3,(H,13,16). The summed E-state index contributed by atoms with van der Waals surface area (Å²) in [5.74, 6) is -0.0416. The Kier molecular flexibility index (Phi) is 4.49. The van der Waals surface area contributed by atoms with Crippen LogP contribution in [0.25, 0.3) is 0 Å². The molecule has 0 fully saturated rings. The van der Waals surface area contributed by atoms with E-state index in [9.17, 15) is 4.79 Å². The zero-order chi connectivity index (χ0) is 12.1. The van der Waals surface area contributed by atoms with E-state index in [2.05, 4.69) is 10.4 Å². The SMILES string of the molecule is Cc1nn(C)c(C)c1C(=O)NCCCCN. The number of unbranched alkanes of at least 4 members (excludes halogenated alkanes) is 1. The van der Waals surface area contributed by atoms with E-state index in [0.717, 1.165) is 24.2 Å². The Morgan fingerprint density at radius 3 is 2.62 bits per heavy atom. The number of nitrogens with two attached hydrogens (primary N) is 1. The van der Waals surface area contributed by atoms with E-state index in [1.165, 1.54) is 0 Å². The number of aromatic nitrogens is 2. The molecule has 1 rings (SSSR count). The average molecular weight is 224 g/mol. The first-order valence-electron chi connectivity index (χ1n) is 5.56. The minimum atomic E-state index is -0.0416. The Morgan fingerprint density at radius 2 is 2.12 bits per heavy atom. The fourth-order valence-electron chi connectivity index (χ4n) is 1.66. The molecule has 0 bridgehead atoms. The highest BCUT2D eigenvalue weighted by Crippen LogP contribution is 2.11. The third kappa shape index (κ3) is 2.82. The largest absolute Gasteiger partial charge is 0.352 e. The molecule has 1 heterocycles. The van der Waals surface area contributed by atoms with Crippen molar-refractivity contribution in [1.82, 2.24) is 15.1 Å². The van der Waals surface area contributed by atoms with Crippen LogP contribution in [-0.2, 0) is 7.05 Å². The van der Waals surface area contributed by atoms with Crippen LogP contribution in [0.2, 0.25) is 0 Å². The van der Waals surface area contributed by atoms with Gasteiger partial charge >= 0.3 is 0 Å². The molecule has 5 nitrogen and oxygen atoms in total. The van der Waals surface area contributed by atoms with Crippen molar-refractivity contribution >= 4 is 5.91 Å². The number of hydrogen-bond acceptors (Lipinski definition) is 3. The van der Waals surface area contributed by atoms with E-state index >= 15 is 0 Å². The van der Waals surface area contributed by atoms with Gasteiger partial charge in [0, 0.05) is 19.3 Å². The maximum absolute atomic E-state index is 11.9. The van der Waals surface area contributed by atoms with E-state index in [4.69, 9.17) is 5.73 Å². The van der Waals surface area contributed by atoms with Crippen molar-refractivity contribution in [2.45, 2.75) is 26.7 Å². The first-order valence-corrected chi connectivity index (χ1v) is 5.56. The molecule has 0 spiro atoms. The van der Waals surface area contributed by atoms with E-state index < -0.39 is 0 Å². The predicted molar refractivity (Wildman–Crippen MR) is 63.3 cm³/mol. The molecule has 0 aliphatic rings. The third-order valence-corrected chi connectivity index (χ3v) is 2.65. The summed E-state index contributed by atoms with van der Waals surface area (Å²) in [4.78, 5) is 11.9. The first kappa shape index (κ1) is 12.7. The Morgan fingerprint density at radius 1 is 1.44 bits per heavy atom. The van der Waals surface area contributed by atoms with Gasteiger partial charge in [0.15, 0.2) is 0 Å². The molecule has 90 valence electrons. The maximum atomic E-state index is 11.9. The summed E-state index contributed by atoms with van der Waals surface area (Å²) >= 11 is 0. The number of carbonyl (C=O) groups excluding carboxylic acids is 1. The van der Waals surface area contributed by atoms with E-state index in [0.29, 0.717) is 18.7 Å². The quantitative estimate of drug-likeness (QED) is 0.716. The minimum absolute atomic E-state index is 0.0416. The average Bonchev–Trinajstić information content (AvgIpc) is 2.48. The van der Waals surface area contributed by atoms with Gasteiger partial charge in [0.1, 0.15) is 0 Å². The maximum Gasteiger partial charge on any atom is 0.255 e. The Balaban J connectivity index is 2.59. The Labute approximate surface area is 96.0 Å². The van der Waals surface area contributed by atoms with Crippen LogP contribution in [0.15, 0.2) is 0 Å². The number of nitrogens with one attached hydrogen (secondary N) is 1. The van der Waals surface area contributed by atoms with Gasteiger partial charge in [-0.3, -0.25) is 9.48 Å². The van der Waals surface area contributed by atoms with Crippen LogP contribution < -0.4 is 11.1 Å². The van der Waals surface area contributed by atoms with Gasteiger partial charge in [-0.2, -0.15) is 5.10 Å². The second-order valence-electron chi connectivity index (χ2n) is 3.92. The van der Waals surface area contributed by atoms with Gasteiger partial charge in [0.05, 0.1) is 11.3 Å². The van der Waals surface area contributed by atoms with Crippen molar-refractivity contribution in [2.24, 2.45) is 12.8 Å². The Bertz CT molecular complexity index is 370. The number of amides is 1. The van der Waals surface area contributed by atoms with Crippen molar-refractivity contribution in [3.63, 3.8) is 0 Å². The first-order chi connectivity index (χ1) is 7.57. The van der Waals surface area contributed by atoms with Crippen molar-refractivity contribution in [1.29, 1.82) is 0 Å². The predicted octanol–water partition coefficient (Wildman–Crippen LogP) is 0.506. The van der Waals surface area contributed by atoms with Crippen LogP contribution >= 0.6 is 0 Å². The number of nitrogens with zero attached hydrogens (tertiary/aromatic N) is 2. The monoisotopic (exact) mass is 224 g/mol. The fraction of sp³-hybridized carbons (Fsp3) is 0.636. The molecule has 1 aromatic rings.